The summed E-state index contributed by atoms with van der Waals surface area (Å²) in [5.41, 5.74) is 1.44. The number of carbonyl (C=O) groups excluding carboxylic acids is 1. The van der Waals surface area contributed by atoms with E-state index < -0.39 is 13.6 Å². The molecule has 0 bridgehead atoms. The fourth-order valence-corrected chi connectivity index (χ4v) is 2.67. The van der Waals surface area contributed by atoms with E-state index in [0.29, 0.717) is 16.7 Å². The number of hydrogen-bond acceptors (Lipinski definition) is 3. The molecule has 20 heavy (non-hydrogen) atoms. The molecular formula is C14H13O5P. The lowest BCUT2D eigenvalue weighted by Gasteiger charge is -2.11. The molecule has 0 aromatic heterocycles. The third-order valence-corrected chi connectivity index (χ3v) is 3.85. The zero-order valence-corrected chi connectivity index (χ0v) is 11.6. The van der Waals surface area contributed by atoms with Crippen molar-refractivity contribution in [3.8, 4) is 11.1 Å². The van der Waals surface area contributed by atoms with Crippen LogP contribution in [0.5, 0.6) is 0 Å². The third-order valence-electron chi connectivity index (χ3n) is 2.83. The summed E-state index contributed by atoms with van der Waals surface area (Å²) in [6.45, 7) is 0. The number of ether oxygens (including phenoxy) is 1. The van der Waals surface area contributed by atoms with E-state index in [2.05, 4.69) is 4.74 Å². The smallest absolute Gasteiger partial charge is 0.356 e. The van der Waals surface area contributed by atoms with Gasteiger partial charge in [-0.05, 0) is 29.3 Å². The summed E-state index contributed by atoms with van der Waals surface area (Å²) in [6, 6.07) is 12.6. The molecule has 2 aromatic carbocycles. The van der Waals surface area contributed by atoms with Crippen LogP contribution in [0.25, 0.3) is 11.1 Å². The molecule has 0 unspecified atom stereocenters. The Hall–Kier alpha value is -1.94. The van der Waals surface area contributed by atoms with Gasteiger partial charge in [-0.25, -0.2) is 4.79 Å². The van der Waals surface area contributed by atoms with Crippen LogP contribution < -0.4 is 5.30 Å². The summed E-state index contributed by atoms with van der Waals surface area (Å²) in [7, 11) is -3.06. The summed E-state index contributed by atoms with van der Waals surface area (Å²) in [4.78, 5) is 30.0. The van der Waals surface area contributed by atoms with Crippen LogP contribution >= 0.6 is 7.60 Å². The van der Waals surface area contributed by atoms with Crippen molar-refractivity contribution in [1.82, 2.24) is 0 Å². The SMILES string of the molecule is COC(=O)c1ccc(-c2ccccc2P(=O)(O)O)cc1. The van der Waals surface area contributed by atoms with Crippen LogP contribution in [0.1, 0.15) is 10.4 Å². The zero-order valence-electron chi connectivity index (χ0n) is 10.7. The molecule has 0 aliphatic heterocycles. The molecule has 0 amide bonds. The average molecular weight is 292 g/mol. The topological polar surface area (TPSA) is 83.8 Å². The summed E-state index contributed by atoms with van der Waals surface area (Å²) >= 11 is 0. The first-order valence-corrected chi connectivity index (χ1v) is 7.38. The second-order valence-corrected chi connectivity index (χ2v) is 5.70. The number of benzene rings is 2. The Labute approximate surface area is 116 Å². The third kappa shape index (κ3) is 2.96. The van der Waals surface area contributed by atoms with Gasteiger partial charge < -0.3 is 14.5 Å². The molecule has 0 fully saturated rings. The first kappa shape index (κ1) is 14.5. The highest BCUT2D eigenvalue weighted by atomic mass is 31.2. The molecular weight excluding hydrogens is 279 g/mol. The monoisotopic (exact) mass is 292 g/mol. The lowest BCUT2D eigenvalue weighted by atomic mass is 10.0. The molecule has 104 valence electrons. The predicted octanol–water partition coefficient (Wildman–Crippen LogP) is 1.94. The summed E-state index contributed by atoms with van der Waals surface area (Å²) < 4.78 is 16.1. The van der Waals surface area contributed by atoms with Crippen molar-refractivity contribution in [2.24, 2.45) is 0 Å². The van der Waals surface area contributed by atoms with Gasteiger partial charge in [0.1, 0.15) is 0 Å². The molecule has 0 aliphatic carbocycles. The minimum atomic E-state index is -4.35. The Bertz CT molecular complexity index is 672. The fourth-order valence-electron chi connectivity index (χ4n) is 1.88. The number of rotatable bonds is 3. The minimum Gasteiger partial charge on any atom is -0.465 e. The zero-order chi connectivity index (χ0) is 14.8. The summed E-state index contributed by atoms with van der Waals surface area (Å²) in [6.07, 6.45) is 0. The molecule has 0 heterocycles. The molecule has 2 rings (SSSR count). The lowest BCUT2D eigenvalue weighted by molar-refractivity contribution is 0.0600. The number of carbonyl (C=O) groups is 1. The molecule has 2 N–H and O–H groups in total. The first-order valence-electron chi connectivity index (χ1n) is 5.77. The van der Waals surface area contributed by atoms with Crippen LogP contribution in [0.4, 0.5) is 0 Å². The number of methoxy groups -OCH3 is 1. The van der Waals surface area contributed by atoms with Crippen molar-refractivity contribution in [1.29, 1.82) is 0 Å². The maximum absolute atomic E-state index is 11.5. The molecule has 2 aromatic rings. The molecule has 0 saturated heterocycles. The van der Waals surface area contributed by atoms with Crippen molar-refractivity contribution in [2.45, 2.75) is 0 Å². The van der Waals surface area contributed by atoms with E-state index in [0.717, 1.165) is 0 Å². The van der Waals surface area contributed by atoms with E-state index in [9.17, 15) is 19.1 Å². The number of esters is 1. The van der Waals surface area contributed by atoms with E-state index >= 15 is 0 Å². The van der Waals surface area contributed by atoms with Crippen LogP contribution in [0.3, 0.4) is 0 Å². The van der Waals surface area contributed by atoms with Gasteiger partial charge in [0.25, 0.3) is 0 Å². The highest BCUT2D eigenvalue weighted by molar-refractivity contribution is 7.60. The standard InChI is InChI=1S/C14H13O5P/c1-19-14(15)11-8-6-10(7-9-11)12-4-2-3-5-13(12)20(16,17)18/h2-9H,1H3,(H2,16,17,18). The normalized spacial score (nSPS) is 11.2. The van der Waals surface area contributed by atoms with Crippen LogP contribution in [-0.2, 0) is 9.30 Å². The van der Waals surface area contributed by atoms with Gasteiger partial charge >= 0.3 is 13.6 Å². The molecule has 0 atom stereocenters. The van der Waals surface area contributed by atoms with E-state index in [1.807, 2.05) is 0 Å². The van der Waals surface area contributed by atoms with Crippen LogP contribution in [0, 0.1) is 0 Å². The Morgan fingerprint density at radius 2 is 1.65 bits per heavy atom. The Balaban J connectivity index is 2.48. The fraction of sp³-hybridized carbons (Fsp3) is 0.0714. The van der Waals surface area contributed by atoms with Gasteiger partial charge in [0.15, 0.2) is 0 Å². The van der Waals surface area contributed by atoms with E-state index in [1.165, 1.54) is 13.2 Å². The maximum Gasteiger partial charge on any atom is 0.356 e. The van der Waals surface area contributed by atoms with Crippen LogP contribution in [0.15, 0.2) is 48.5 Å². The molecule has 6 heteroatoms. The summed E-state index contributed by atoms with van der Waals surface area (Å²) in [5.74, 6) is -0.458. The second-order valence-electron chi connectivity index (χ2n) is 4.13. The van der Waals surface area contributed by atoms with Crippen molar-refractivity contribution in [3.05, 3.63) is 54.1 Å². The van der Waals surface area contributed by atoms with E-state index in [1.54, 1.807) is 42.5 Å². The van der Waals surface area contributed by atoms with Gasteiger partial charge in [-0.3, -0.25) is 4.57 Å². The van der Waals surface area contributed by atoms with E-state index in [-0.39, 0.29) is 5.30 Å². The van der Waals surface area contributed by atoms with Gasteiger partial charge in [-0.2, -0.15) is 0 Å². The molecule has 5 nitrogen and oxygen atoms in total. The number of hydrogen-bond donors (Lipinski definition) is 2. The Morgan fingerprint density at radius 3 is 2.20 bits per heavy atom. The summed E-state index contributed by atoms with van der Waals surface area (Å²) in [5, 5.41) is -0.0363. The second kappa shape index (κ2) is 5.59. The largest absolute Gasteiger partial charge is 0.465 e. The van der Waals surface area contributed by atoms with Gasteiger partial charge in [-0.15, -0.1) is 0 Å². The van der Waals surface area contributed by atoms with Gasteiger partial charge in [0.05, 0.1) is 18.0 Å². The average Bonchev–Trinajstić information content (AvgIpc) is 2.46. The maximum atomic E-state index is 11.5. The van der Waals surface area contributed by atoms with E-state index in [4.69, 9.17) is 0 Å². The van der Waals surface area contributed by atoms with Crippen molar-refractivity contribution in [2.75, 3.05) is 7.11 Å². The molecule has 0 spiro atoms. The lowest BCUT2D eigenvalue weighted by Crippen LogP contribution is -2.07. The minimum absolute atomic E-state index is 0.0363. The molecule has 0 saturated carbocycles. The Morgan fingerprint density at radius 1 is 1.05 bits per heavy atom. The van der Waals surface area contributed by atoms with Gasteiger partial charge in [0, 0.05) is 0 Å². The first-order chi connectivity index (χ1) is 9.43. The van der Waals surface area contributed by atoms with Gasteiger partial charge in [0.2, 0.25) is 0 Å². The predicted molar refractivity (Wildman–Crippen MR) is 74.9 cm³/mol. The molecule has 0 radical (unpaired) electrons. The quantitative estimate of drug-likeness (QED) is 0.667. The van der Waals surface area contributed by atoms with Crippen molar-refractivity contribution in [3.63, 3.8) is 0 Å². The highest BCUT2D eigenvalue weighted by Gasteiger charge is 2.21. The van der Waals surface area contributed by atoms with Crippen LogP contribution in [-0.4, -0.2) is 22.9 Å². The van der Waals surface area contributed by atoms with Gasteiger partial charge in [-0.1, -0.05) is 30.3 Å². The highest BCUT2D eigenvalue weighted by Crippen LogP contribution is 2.37. The van der Waals surface area contributed by atoms with Crippen LogP contribution in [0.2, 0.25) is 0 Å². The molecule has 0 aliphatic rings. The Kier molecular flexibility index (Phi) is 4.04. The van der Waals surface area contributed by atoms with Crippen molar-refractivity contribution < 1.29 is 23.9 Å². The van der Waals surface area contributed by atoms with Crippen molar-refractivity contribution >= 4 is 18.9 Å².